The van der Waals surface area contributed by atoms with Gasteiger partial charge in [-0.3, -0.25) is 0 Å². The van der Waals surface area contributed by atoms with E-state index in [1.807, 2.05) is 42.5 Å². The highest BCUT2D eigenvalue weighted by Gasteiger charge is 2.14. The van der Waals surface area contributed by atoms with Crippen LogP contribution in [0.2, 0.25) is 0 Å². The fourth-order valence-electron chi connectivity index (χ4n) is 4.77. The standard InChI is InChI=1S/C33H25B2N3/c34-29-18-25(22-10-4-1-5-11-22)16-27(20-29)32-36-31(24-14-8-3-9-15-24)37-33(38-32)28-17-26(19-30(35)21-28)23-12-6-2-7-13-23/h1-21H,34-35H2. The third-order valence-corrected chi connectivity index (χ3v) is 6.55. The summed E-state index contributed by atoms with van der Waals surface area (Å²) >= 11 is 0. The first kappa shape index (κ1) is 23.6. The van der Waals surface area contributed by atoms with Gasteiger partial charge in [0.15, 0.2) is 17.5 Å². The molecule has 0 unspecified atom stereocenters. The van der Waals surface area contributed by atoms with Crippen LogP contribution < -0.4 is 10.9 Å². The van der Waals surface area contributed by atoms with E-state index in [4.69, 9.17) is 15.0 Å². The second-order valence-electron chi connectivity index (χ2n) is 9.58. The third kappa shape index (κ3) is 5.05. The van der Waals surface area contributed by atoms with Crippen LogP contribution in [0.25, 0.3) is 56.4 Å². The monoisotopic (exact) mass is 485 g/mol. The molecule has 0 saturated carbocycles. The molecule has 1 aromatic heterocycles. The number of hydrogen-bond acceptors (Lipinski definition) is 3. The van der Waals surface area contributed by atoms with Gasteiger partial charge in [0.05, 0.1) is 0 Å². The average Bonchev–Trinajstić information content (AvgIpc) is 2.97. The maximum atomic E-state index is 5.03. The molecule has 0 amide bonds. The molecular weight excluding hydrogens is 460 g/mol. The molecule has 5 heteroatoms. The van der Waals surface area contributed by atoms with E-state index in [0.29, 0.717) is 17.5 Å². The van der Waals surface area contributed by atoms with E-state index in [-0.39, 0.29) is 0 Å². The smallest absolute Gasteiger partial charge is 0.164 e. The summed E-state index contributed by atoms with van der Waals surface area (Å²) in [5, 5.41) is 0. The first-order valence-corrected chi connectivity index (χ1v) is 12.8. The fraction of sp³-hybridized carbons (Fsp3) is 0. The van der Waals surface area contributed by atoms with Crippen LogP contribution in [0.1, 0.15) is 0 Å². The van der Waals surface area contributed by atoms with Crippen LogP contribution in [-0.4, -0.2) is 30.6 Å². The Balaban J connectivity index is 1.54. The number of hydrogen-bond donors (Lipinski definition) is 0. The Morgan fingerprint density at radius 1 is 0.316 bits per heavy atom. The molecule has 6 aromatic rings. The molecule has 0 N–H and O–H groups in total. The van der Waals surface area contributed by atoms with Crippen molar-refractivity contribution in [1.29, 1.82) is 0 Å². The van der Waals surface area contributed by atoms with E-state index in [1.54, 1.807) is 0 Å². The minimum absolute atomic E-state index is 0.663. The molecule has 0 aliphatic carbocycles. The van der Waals surface area contributed by atoms with Crippen molar-refractivity contribution in [2.24, 2.45) is 0 Å². The Labute approximate surface area is 225 Å². The fourth-order valence-corrected chi connectivity index (χ4v) is 4.77. The predicted molar refractivity (Wildman–Crippen MR) is 163 cm³/mol. The number of nitrogens with zero attached hydrogens (tertiary/aromatic N) is 3. The van der Waals surface area contributed by atoms with Gasteiger partial charge in [0, 0.05) is 16.7 Å². The molecule has 0 spiro atoms. The highest BCUT2D eigenvalue weighted by molar-refractivity contribution is 6.33. The maximum absolute atomic E-state index is 5.03. The minimum atomic E-state index is 0.663. The van der Waals surface area contributed by atoms with Crippen molar-refractivity contribution >= 4 is 26.6 Å². The summed E-state index contributed by atoms with van der Waals surface area (Å²) < 4.78 is 0. The van der Waals surface area contributed by atoms with Gasteiger partial charge in [0.1, 0.15) is 15.7 Å². The van der Waals surface area contributed by atoms with Gasteiger partial charge in [0.25, 0.3) is 0 Å². The van der Waals surface area contributed by atoms with Crippen LogP contribution in [0.3, 0.4) is 0 Å². The topological polar surface area (TPSA) is 38.7 Å². The van der Waals surface area contributed by atoms with Crippen LogP contribution in [0.5, 0.6) is 0 Å². The van der Waals surface area contributed by atoms with E-state index in [0.717, 1.165) is 38.7 Å². The van der Waals surface area contributed by atoms with E-state index < -0.39 is 0 Å². The lowest BCUT2D eigenvalue weighted by Crippen LogP contribution is -2.07. The van der Waals surface area contributed by atoms with Crippen LogP contribution in [0.4, 0.5) is 0 Å². The molecule has 0 bridgehead atoms. The Hall–Kier alpha value is -4.76. The van der Waals surface area contributed by atoms with Crippen molar-refractivity contribution in [2.75, 3.05) is 0 Å². The SMILES string of the molecule is Bc1cc(-c2ccccc2)cc(-c2nc(-c3ccccc3)nc(-c3cc(B)cc(-c4ccccc4)c3)n2)c1. The zero-order valence-corrected chi connectivity index (χ0v) is 21.5. The zero-order chi connectivity index (χ0) is 25.9. The first-order chi connectivity index (χ1) is 18.6. The Bertz CT molecular complexity index is 1610. The van der Waals surface area contributed by atoms with Crippen molar-refractivity contribution in [3.05, 3.63) is 127 Å². The van der Waals surface area contributed by atoms with Crippen molar-refractivity contribution in [3.8, 4) is 56.4 Å². The molecule has 0 aliphatic rings. The summed E-state index contributed by atoms with van der Waals surface area (Å²) in [6.45, 7) is 0. The number of rotatable bonds is 5. The second-order valence-corrected chi connectivity index (χ2v) is 9.58. The van der Waals surface area contributed by atoms with E-state index in [1.165, 1.54) is 11.1 Å². The molecule has 0 fully saturated rings. The van der Waals surface area contributed by atoms with Crippen LogP contribution >= 0.6 is 0 Å². The Kier molecular flexibility index (Phi) is 6.41. The molecular formula is C33H25B2N3. The molecule has 178 valence electrons. The van der Waals surface area contributed by atoms with E-state index in [9.17, 15) is 0 Å². The lowest BCUT2D eigenvalue weighted by atomic mass is 9.89. The van der Waals surface area contributed by atoms with E-state index in [2.05, 4.69) is 101 Å². The molecule has 38 heavy (non-hydrogen) atoms. The minimum Gasteiger partial charge on any atom is -0.208 e. The summed E-state index contributed by atoms with van der Waals surface area (Å²) in [7, 11) is 4.23. The quantitative estimate of drug-likeness (QED) is 0.332. The maximum Gasteiger partial charge on any atom is 0.164 e. The van der Waals surface area contributed by atoms with Crippen molar-refractivity contribution in [1.82, 2.24) is 15.0 Å². The summed E-state index contributed by atoms with van der Waals surface area (Å²) in [5.74, 6) is 1.99. The summed E-state index contributed by atoms with van der Waals surface area (Å²) in [5.41, 5.74) is 9.85. The van der Waals surface area contributed by atoms with Gasteiger partial charge in [-0.25, -0.2) is 15.0 Å². The van der Waals surface area contributed by atoms with Crippen LogP contribution in [-0.2, 0) is 0 Å². The second kappa shape index (κ2) is 10.3. The molecule has 0 aliphatic heterocycles. The Morgan fingerprint density at radius 3 is 1.03 bits per heavy atom. The van der Waals surface area contributed by atoms with Gasteiger partial charge in [-0.1, -0.05) is 126 Å². The molecule has 5 aromatic carbocycles. The van der Waals surface area contributed by atoms with Crippen molar-refractivity contribution in [3.63, 3.8) is 0 Å². The molecule has 3 nitrogen and oxygen atoms in total. The van der Waals surface area contributed by atoms with Crippen molar-refractivity contribution in [2.45, 2.75) is 0 Å². The summed E-state index contributed by atoms with van der Waals surface area (Å²) in [4.78, 5) is 14.9. The summed E-state index contributed by atoms with van der Waals surface area (Å²) in [6, 6.07) is 44.0. The van der Waals surface area contributed by atoms with Crippen LogP contribution in [0.15, 0.2) is 127 Å². The molecule has 0 saturated heterocycles. The largest absolute Gasteiger partial charge is 0.208 e. The lowest BCUT2D eigenvalue weighted by Gasteiger charge is -2.12. The highest BCUT2D eigenvalue weighted by atomic mass is 15.0. The van der Waals surface area contributed by atoms with Gasteiger partial charge in [0.2, 0.25) is 0 Å². The average molecular weight is 485 g/mol. The highest BCUT2D eigenvalue weighted by Crippen LogP contribution is 2.29. The summed E-state index contributed by atoms with van der Waals surface area (Å²) in [6.07, 6.45) is 0. The lowest BCUT2D eigenvalue weighted by molar-refractivity contribution is 1.07. The van der Waals surface area contributed by atoms with Gasteiger partial charge < -0.3 is 0 Å². The number of benzene rings is 5. The third-order valence-electron chi connectivity index (χ3n) is 6.55. The number of aromatic nitrogens is 3. The van der Waals surface area contributed by atoms with Crippen LogP contribution in [0, 0.1) is 0 Å². The Morgan fingerprint density at radius 2 is 0.632 bits per heavy atom. The van der Waals surface area contributed by atoms with Crippen molar-refractivity contribution < 1.29 is 0 Å². The molecule has 0 atom stereocenters. The first-order valence-electron chi connectivity index (χ1n) is 12.8. The molecule has 6 rings (SSSR count). The van der Waals surface area contributed by atoms with Gasteiger partial charge >= 0.3 is 0 Å². The zero-order valence-electron chi connectivity index (χ0n) is 21.5. The van der Waals surface area contributed by atoms with Gasteiger partial charge in [-0.2, -0.15) is 0 Å². The predicted octanol–water partition coefficient (Wildman–Crippen LogP) is 4.72. The van der Waals surface area contributed by atoms with Gasteiger partial charge in [-0.15, -0.1) is 0 Å². The molecule has 1 heterocycles. The molecule has 0 radical (unpaired) electrons. The normalized spacial score (nSPS) is 10.8. The van der Waals surface area contributed by atoms with E-state index >= 15 is 0 Å². The van der Waals surface area contributed by atoms with Gasteiger partial charge in [-0.05, 0) is 34.4 Å².